The lowest BCUT2D eigenvalue weighted by Gasteiger charge is -2.27. The maximum atomic E-state index is 13.5. The van der Waals surface area contributed by atoms with E-state index in [9.17, 15) is 13.6 Å². The van der Waals surface area contributed by atoms with Gasteiger partial charge in [0, 0.05) is 26.1 Å². The first-order valence-electron chi connectivity index (χ1n) is 10.7. The highest BCUT2D eigenvalue weighted by Crippen LogP contribution is 2.48. The van der Waals surface area contributed by atoms with Gasteiger partial charge in [-0.2, -0.15) is 8.78 Å². The van der Waals surface area contributed by atoms with Crippen LogP contribution in [-0.4, -0.2) is 44.1 Å². The first kappa shape index (κ1) is 22.7. The van der Waals surface area contributed by atoms with Gasteiger partial charge in [0.2, 0.25) is 0 Å². The van der Waals surface area contributed by atoms with Gasteiger partial charge in [-0.05, 0) is 59.7 Å². The molecule has 0 unspecified atom stereocenters. The molecule has 1 heterocycles. The fourth-order valence-electron chi connectivity index (χ4n) is 4.01. The number of nitrogens with zero attached hydrogens (tertiary/aromatic N) is 2. The van der Waals surface area contributed by atoms with E-state index in [-0.39, 0.29) is 23.5 Å². The van der Waals surface area contributed by atoms with Crippen LogP contribution in [0.3, 0.4) is 0 Å². The largest absolute Gasteiger partial charge is 0.435 e. The van der Waals surface area contributed by atoms with Crippen LogP contribution in [0.5, 0.6) is 5.75 Å². The van der Waals surface area contributed by atoms with Crippen LogP contribution in [0.4, 0.5) is 8.78 Å². The zero-order chi connectivity index (χ0) is 23.6. The van der Waals surface area contributed by atoms with E-state index in [2.05, 4.69) is 16.8 Å². The third-order valence-corrected chi connectivity index (χ3v) is 5.85. The van der Waals surface area contributed by atoms with Crippen LogP contribution < -0.4 is 10.5 Å². The van der Waals surface area contributed by atoms with Crippen LogP contribution in [0.25, 0.3) is 0 Å². The zero-order valence-corrected chi connectivity index (χ0v) is 18.5. The lowest BCUT2D eigenvalue weighted by Crippen LogP contribution is -2.41. The molecular weight excluding hydrogens is 428 g/mol. The third kappa shape index (κ3) is 4.41. The molecule has 2 aromatic rings. The number of amides is 1. The number of halogens is 2. The molecule has 0 radical (unpaired) electrons. The Labute approximate surface area is 191 Å². The van der Waals surface area contributed by atoms with Gasteiger partial charge < -0.3 is 15.2 Å². The molecule has 1 atom stereocenters. The van der Waals surface area contributed by atoms with Crippen molar-refractivity contribution in [3.05, 3.63) is 64.7 Å². The van der Waals surface area contributed by atoms with Gasteiger partial charge in [-0.25, -0.2) is 4.99 Å². The number of alkyl halides is 2. The minimum absolute atomic E-state index is 0.0810. The van der Waals surface area contributed by atoms with Gasteiger partial charge in [0.05, 0.1) is 6.61 Å². The van der Waals surface area contributed by atoms with Crippen molar-refractivity contribution in [2.24, 2.45) is 10.7 Å². The van der Waals surface area contributed by atoms with Crippen LogP contribution in [0.15, 0.2) is 47.5 Å². The molecule has 2 aromatic carbocycles. The zero-order valence-electron chi connectivity index (χ0n) is 18.5. The van der Waals surface area contributed by atoms with E-state index in [1.165, 1.54) is 11.0 Å². The smallest absolute Gasteiger partial charge is 0.387 e. The third-order valence-electron chi connectivity index (χ3n) is 5.85. The molecule has 0 saturated heterocycles. The fraction of sp³-hybridized carbons (Fsp3) is 0.360. The average molecular weight is 453 g/mol. The lowest BCUT2D eigenvalue weighted by molar-refractivity contribution is -0.129. The average Bonchev–Trinajstić information content (AvgIpc) is 3.61. The molecule has 2 N–H and O–H groups in total. The second kappa shape index (κ2) is 9.20. The van der Waals surface area contributed by atoms with Crippen LogP contribution in [0, 0.1) is 11.8 Å². The van der Waals surface area contributed by atoms with Crippen molar-refractivity contribution in [2.45, 2.75) is 37.3 Å². The molecule has 0 bridgehead atoms. The molecular formula is C25H25F2N3O3. The summed E-state index contributed by atoms with van der Waals surface area (Å²) in [6.45, 7) is -2.40. The summed E-state index contributed by atoms with van der Waals surface area (Å²) in [5, 5.41) is 0. The molecule has 8 heteroatoms. The summed E-state index contributed by atoms with van der Waals surface area (Å²) in [7, 11) is 3.18. The van der Waals surface area contributed by atoms with Gasteiger partial charge in [0.15, 0.2) is 11.5 Å². The van der Waals surface area contributed by atoms with Gasteiger partial charge in [-0.3, -0.25) is 9.69 Å². The molecule has 1 aliphatic heterocycles. The number of carbonyl (C=O) groups excluding carboxylic acids is 1. The molecule has 0 spiro atoms. The summed E-state index contributed by atoms with van der Waals surface area (Å²) in [5.74, 6) is 6.12. The Hall–Kier alpha value is -3.44. The van der Waals surface area contributed by atoms with Gasteiger partial charge >= 0.3 is 6.61 Å². The molecule has 1 fully saturated rings. The monoisotopic (exact) mass is 453 g/mol. The van der Waals surface area contributed by atoms with Gasteiger partial charge in [-0.15, -0.1) is 0 Å². The summed E-state index contributed by atoms with van der Waals surface area (Å²) in [5.41, 5.74) is 7.15. The van der Waals surface area contributed by atoms with Crippen LogP contribution in [0.2, 0.25) is 0 Å². The minimum Gasteiger partial charge on any atom is -0.435 e. The van der Waals surface area contributed by atoms with Crippen molar-refractivity contribution >= 4 is 11.9 Å². The Morgan fingerprint density at radius 1 is 1.24 bits per heavy atom. The van der Waals surface area contributed by atoms with Crippen molar-refractivity contribution in [1.29, 1.82) is 0 Å². The number of likely N-dealkylation sites (N-methyl/N-ethyl adjacent to an activating group) is 1. The van der Waals surface area contributed by atoms with Gasteiger partial charge in [0.25, 0.3) is 5.91 Å². The van der Waals surface area contributed by atoms with Crippen molar-refractivity contribution in [2.75, 3.05) is 20.8 Å². The molecule has 1 amide bonds. The van der Waals surface area contributed by atoms with E-state index in [1.54, 1.807) is 32.4 Å². The summed E-state index contributed by atoms with van der Waals surface area (Å²) in [4.78, 5) is 19.4. The molecule has 6 nitrogen and oxygen atoms in total. The number of hydrogen-bond donors (Lipinski definition) is 1. The minimum atomic E-state index is -2.93. The Morgan fingerprint density at radius 2 is 2.00 bits per heavy atom. The number of guanidine groups is 1. The Balaban J connectivity index is 1.83. The Morgan fingerprint density at radius 3 is 2.64 bits per heavy atom. The quantitative estimate of drug-likeness (QED) is 0.514. The second-order valence-corrected chi connectivity index (χ2v) is 8.08. The topological polar surface area (TPSA) is 77.2 Å². The summed E-state index contributed by atoms with van der Waals surface area (Å²) in [6.07, 6.45) is 2.33. The normalized spacial score (nSPS) is 20.0. The standard InChI is InChI=1S/C25H25F2N3O3/c1-30-22(31)25(29-24(30)28,18-8-5-7-16(14-18)6-3-4-13-32-2)19-11-12-21(33-23(26)27)20(15-19)17-9-10-17/h5,7-8,11-12,14-15,17,23H,4,9-10,13H2,1-2H3,(H2,28,29)/t25-/m0/s1. The summed E-state index contributed by atoms with van der Waals surface area (Å²) in [6, 6.07) is 12.1. The predicted octanol–water partition coefficient (Wildman–Crippen LogP) is 3.58. The number of hydrogen-bond acceptors (Lipinski definition) is 5. The van der Waals surface area contributed by atoms with E-state index in [1.807, 2.05) is 18.2 Å². The Bertz CT molecular complexity index is 1150. The Kier molecular flexibility index (Phi) is 6.34. The maximum Gasteiger partial charge on any atom is 0.387 e. The van der Waals surface area contributed by atoms with Gasteiger partial charge in [0.1, 0.15) is 5.75 Å². The summed E-state index contributed by atoms with van der Waals surface area (Å²) < 4.78 is 35.6. The SMILES string of the molecule is COCCC#Cc1cccc([C@@]2(c3ccc(OC(F)F)c(C4CC4)c3)N=C(N)N(C)C2=O)c1. The van der Waals surface area contributed by atoms with E-state index in [0.717, 1.165) is 18.4 Å². The van der Waals surface area contributed by atoms with E-state index in [4.69, 9.17) is 15.2 Å². The van der Waals surface area contributed by atoms with E-state index in [0.29, 0.717) is 29.7 Å². The number of rotatable bonds is 7. The van der Waals surface area contributed by atoms with E-state index >= 15 is 0 Å². The second-order valence-electron chi connectivity index (χ2n) is 8.08. The molecule has 33 heavy (non-hydrogen) atoms. The number of methoxy groups -OCH3 is 1. The van der Waals surface area contributed by atoms with Crippen molar-refractivity contribution in [3.8, 4) is 17.6 Å². The molecule has 2 aliphatic rings. The molecule has 0 aromatic heterocycles. The first-order chi connectivity index (χ1) is 15.9. The van der Waals surface area contributed by atoms with Crippen LogP contribution >= 0.6 is 0 Å². The highest BCUT2D eigenvalue weighted by molar-refractivity contribution is 6.09. The lowest BCUT2D eigenvalue weighted by atomic mass is 9.81. The molecule has 1 saturated carbocycles. The van der Waals surface area contributed by atoms with Gasteiger partial charge in [-0.1, -0.05) is 30.0 Å². The molecule has 4 rings (SSSR count). The number of ether oxygens (including phenoxy) is 2. The molecule has 1 aliphatic carbocycles. The van der Waals surface area contributed by atoms with E-state index < -0.39 is 12.2 Å². The maximum absolute atomic E-state index is 13.5. The van der Waals surface area contributed by atoms with Crippen molar-refractivity contribution in [1.82, 2.24) is 4.90 Å². The highest BCUT2D eigenvalue weighted by Gasteiger charge is 2.50. The highest BCUT2D eigenvalue weighted by atomic mass is 19.3. The van der Waals surface area contributed by atoms with Crippen molar-refractivity contribution in [3.63, 3.8) is 0 Å². The van der Waals surface area contributed by atoms with Crippen LogP contribution in [0.1, 0.15) is 47.4 Å². The predicted molar refractivity (Wildman–Crippen MR) is 120 cm³/mol. The number of benzene rings is 2. The molecule has 172 valence electrons. The van der Waals surface area contributed by atoms with Crippen molar-refractivity contribution < 1.29 is 23.0 Å². The number of aliphatic imine (C=N–C) groups is 1. The van der Waals surface area contributed by atoms with Crippen LogP contribution in [-0.2, 0) is 15.1 Å². The number of nitrogens with two attached hydrogens (primary N) is 1. The fourth-order valence-corrected chi connectivity index (χ4v) is 4.01. The first-order valence-corrected chi connectivity index (χ1v) is 10.7. The summed E-state index contributed by atoms with van der Waals surface area (Å²) >= 11 is 0. The number of carbonyl (C=O) groups is 1.